The highest BCUT2D eigenvalue weighted by Gasteiger charge is 2.47. The van der Waals surface area contributed by atoms with Gasteiger partial charge in [0.1, 0.15) is 24.2 Å². The highest BCUT2D eigenvalue weighted by Crippen LogP contribution is 2.34. The van der Waals surface area contributed by atoms with E-state index >= 15 is 9.59 Å². The van der Waals surface area contributed by atoms with Crippen molar-refractivity contribution < 1.29 is 38.3 Å². The smallest absolute Gasteiger partial charge is 0.251 e. The van der Waals surface area contributed by atoms with Crippen molar-refractivity contribution in [1.82, 2.24) is 46.6 Å². The Hall–Kier alpha value is -6.95. The highest BCUT2D eigenvalue weighted by atomic mass is 16.5. The third-order valence-corrected chi connectivity index (χ3v) is 15.9. The van der Waals surface area contributed by atoms with Crippen molar-refractivity contribution in [2.75, 3.05) is 34.4 Å². The lowest BCUT2D eigenvalue weighted by molar-refractivity contribution is -0.153. The van der Waals surface area contributed by atoms with Crippen LogP contribution in [-0.4, -0.2) is 133 Å². The van der Waals surface area contributed by atoms with Crippen molar-refractivity contribution in [3.8, 4) is 0 Å². The van der Waals surface area contributed by atoms with Crippen LogP contribution in [0.15, 0.2) is 103 Å². The normalized spacial score (nSPS) is 20.0. The van der Waals surface area contributed by atoms with Crippen LogP contribution in [0.4, 0.5) is 0 Å². The van der Waals surface area contributed by atoms with Crippen LogP contribution in [0.2, 0.25) is 0 Å². The number of nitrogens with zero attached hydrogens (tertiary/aromatic N) is 3. The Kier molecular flexibility index (Phi) is 19.6. The molecule has 0 saturated carbocycles. The summed E-state index contributed by atoms with van der Waals surface area (Å²) < 4.78 is 5.85. The Labute approximate surface area is 466 Å². The quantitative estimate of drug-likeness (QED) is 0.0692. The van der Waals surface area contributed by atoms with E-state index in [1.807, 2.05) is 120 Å². The number of likely N-dealkylation sites (tertiary alicyclic amines) is 1. The van der Waals surface area contributed by atoms with Crippen molar-refractivity contribution in [2.45, 2.75) is 155 Å². The summed E-state index contributed by atoms with van der Waals surface area (Å²) in [7, 11) is 4.91. The molecule has 17 nitrogen and oxygen atoms in total. The molecule has 2 heterocycles. The highest BCUT2D eigenvalue weighted by molar-refractivity contribution is 5.97. The predicted octanol–water partition coefficient (Wildman–Crippen LogP) is 5.53. The van der Waals surface area contributed by atoms with E-state index < -0.39 is 71.0 Å². The first-order chi connectivity index (χ1) is 37.5. The average Bonchev–Trinajstić information content (AvgIpc) is 4.00. The lowest BCUT2D eigenvalue weighted by Gasteiger charge is -2.44. The van der Waals surface area contributed by atoms with E-state index in [1.54, 1.807) is 63.1 Å². The summed E-state index contributed by atoms with van der Waals surface area (Å²) in [6.45, 7) is 15.0. The van der Waals surface area contributed by atoms with Crippen LogP contribution in [-0.2, 0) is 59.4 Å². The van der Waals surface area contributed by atoms with Crippen LogP contribution >= 0.6 is 0 Å². The van der Waals surface area contributed by atoms with Gasteiger partial charge in [-0.1, -0.05) is 133 Å². The van der Waals surface area contributed by atoms with Gasteiger partial charge < -0.3 is 51.3 Å². The van der Waals surface area contributed by atoms with E-state index in [2.05, 4.69) is 38.0 Å². The summed E-state index contributed by atoms with van der Waals surface area (Å²) >= 11 is 0. The molecule has 1 fully saturated rings. The van der Waals surface area contributed by atoms with Gasteiger partial charge in [-0.05, 0) is 110 Å². The second-order valence-corrected chi connectivity index (χ2v) is 23.7. The summed E-state index contributed by atoms with van der Waals surface area (Å²) in [6.07, 6.45) is 2.88. The molecular weight excluding hydrogens is 999 g/mol. The van der Waals surface area contributed by atoms with Gasteiger partial charge in [-0.15, -0.1) is 0 Å². The first-order valence-corrected chi connectivity index (χ1v) is 27.8. The third kappa shape index (κ3) is 14.3. The van der Waals surface area contributed by atoms with Gasteiger partial charge in [-0.25, -0.2) is 0 Å². The fraction of sp³-hybridized carbons (Fsp3) is 0.500. The zero-order chi connectivity index (χ0) is 57.3. The molecule has 6 N–H and O–H groups in total. The molecule has 17 heteroatoms. The number of ether oxygens (including phenoxy) is 1. The minimum Gasteiger partial charge on any atom is -0.382 e. The number of aryl methyl sites for hydroxylation is 1. The zero-order valence-corrected chi connectivity index (χ0v) is 48.0. The molecule has 424 valence electrons. The van der Waals surface area contributed by atoms with Crippen molar-refractivity contribution in [1.29, 1.82) is 0 Å². The van der Waals surface area contributed by atoms with Crippen LogP contribution in [0.1, 0.15) is 130 Å². The SMILES string of the molecule is CN[C@@H](C)C(=O)NC(C(=O)N1Cc2ccccc2C[C@H]1C(=O)N(Cc1cccc(C(=O)NC2C[C@@H](C(=O)NC3CCCc4ccccc43)N(C(=O)[C@@H](NC(=O)[C@H](C)NC)C(C)(C)C)C2)c1)[C@@H](COC)c1ccccc1)C(C)(C)C. The van der Waals surface area contributed by atoms with E-state index in [0.29, 0.717) is 11.1 Å². The number of hydrogen-bond donors (Lipinski definition) is 6. The molecule has 4 aromatic rings. The zero-order valence-electron chi connectivity index (χ0n) is 48.0. The van der Waals surface area contributed by atoms with Gasteiger partial charge >= 0.3 is 0 Å². The van der Waals surface area contributed by atoms with Crippen LogP contribution in [0.5, 0.6) is 0 Å². The number of likely N-dealkylation sites (N-methyl/N-ethyl adjacent to an activating group) is 2. The van der Waals surface area contributed by atoms with Gasteiger partial charge in [-0.2, -0.15) is 0 Å². The van der Waals surface area contributed by atoms with Crippen LogP contribution < -0.4 is 31.9 Å². The molecule has 0 spiro atoms. The van der Waals surface area contributed by atoms with E-state index in [4.69, 9.17) is 4.74 Å². The van der Waals surface area contributed by atoms with Gasteiger partial charge in [-0.3, -0.25) is 33.6 Å². The lowest BCUT2D eigenvalue weighted by Crippen LogP contribution is -2.62. The van der Waals surface area contributed by atoms with Crippen molar-refractivity contribution in [3.05, 3.63) is 142 Å². The van der Waals surface area contributed by atoms with E-state index in [-0.39, 0.29) is 74.7 Å². The Morgan fingerprint density at radius 2 is 1.27 bits per heavy atom. The van der Waals surface area contributed by atoms with Crippen molar-refractivity contribution in [2.24, 2.45) is 10.8 Å². The summed E-state index contributed by atoms with van der Waals surface area (Å²) in [5, 5.41) is 18.2. The summed E-state index contributed by atoms with van der Waals surface area (Å²) in [6, 6.07) is 25.8. The number of nitrogens with one attached hydrogen (secondary N) is 6. The number of carbonyl (C=O) groups excluding carboxylic acids is 7. The number of benzene rings is 4. The van der Waals surface area contributed by atoms with Crippen LogP contribution in [0, 0.1) is 10.8 Å². The fourth-order valence-corrected chi connectivity index (χ4v) is 11.0. The molecule has 9 atom stereocenters. The van der Waals surface area contributed by atoms with E-state index in [1.165, 1.54) is 10.5 Å². The lowest BCUT2D eigenvalue weighted by atomic mass is 9.84. The molecule has 79 heavy (non-hydrogen) atoms. The van der Waals surface area contributed by atoms with E-state index in [9.17, 15) is 24.0 Å². The van der Waals surface area contributed by atoms with Crippen molar-refractivity contribution in [3.63, 3.8) is 0 Å². The number of hydrogen-bond acceptors (Lipinski definition) is 10. The first-order valence-electron chi connectivity index (χ1n) is 27.8. The molecule has 1 aliphatic carbocycles. The molecule has 0 aromatic heterocycles. The molecule has 7 amide bonds. The van der Waals surface area contributed by atoms with Gasteiger partial charge in [0.25, 0.3) is 5.91 Å². The van der Waals surface area contributed by atoms with Gasteiger partial charge in [0, 0.05) is 44.8 Å². The van der Waals surface area contributed by atoms with E-state index in [0.717, 1.165) is 41.5 Å². The number of rotatable bonds is 19. The first kappa shape index (κ1) is 59.7. The molecule has 4 aromatic carbocycles. The van der Waals surface area contributed by atoms with Gasteiger partial charge in [0.15, 0.2) is 0 Å². The molecule has 0 radical (unpaired) electrons. The molecular formula is C62H83N9O8. The predicted molar refractivity (Wildman–Crippen MR) is 304 cm³/mol. The maximum absolute atomic E-state index is 15.8. The summed E-state index contributed by atoms with van der Waals surface area (Å²) in [4.78, 5) is 107. The molecule has 3 aliphatic rings. The Morgan fingerprint density at radius 3 is 1.87 bits per heavy atom. The molecule has 2 aliphatic heterocycles. The van der Waals surface area contributed by atoms with Gasteiger partial charge in [0.05, 0.1) is 30.8 Å². The minimum atomic E-state index is -0.988. The summed E-state index contributed by atoms with van der Waals surface area (Å²) in [5.41, 5.74) is 4.31. The Bertz CT molecular complexity index is 2830. The molecule has 7 rings (SSSR count). The van der Waals surface area contributed by atoms with Crippen LogP contribution in [0.25, 0.3) is 0 Å². The fourth-order valence-electron chi connectivity index (χ4n) is 11.0. The average molecular weight is 1080 g/mol. The number of fused-ring (bicyclic) bond motifs is 2. The number of methoxy groups -OCH3 is 1. The largest absolute Gasteiger partial charge is 0.382 e. The monoisotopic (exact) mass is 1080 g/mol. The second kappa shape index (κ2) is 25.9. The minimum absolute atomic E-state index is 0.0136. The molecule has 3 unspecified atom stereocenters. The van der Waals surface area contributed by atoms with Crippen LogP contribution in [0.3, 0.4) is 0 Å². The maximum atomic E-state index is 15.8. The maximum Gasteiger partial charge on any atom is 0.251 e. The van der Waals surface area contributed by atoms with Gasteiger partial charge in [0.2, 0.25) is 35.4 Å². The Balaban J connectivity index is 1.19. The number of carbonyl (C=O) groups is 7. The second-order valence-electron chi connectivity index (χ2n) is 23.7. The standard InChI is InChI=1S/C62H83N9O8/c1-38(63-9)54(72)67-52(61(3,4)5)59(77)70-35-45-26-16-15-25-43(45)32-50(70)58(76)69(51(37-79-11)42-23-13-12-14-24-42)34-40-21-19-28-44(31-40)56(74)65-46-33-49(57(75)66-48-30-20-27-41-22-17-18-29-47(41)48)71(36-46)60(78)53(62(6,7)8)68-55(73)39(2)64-10/h12-19,21-26,28-29,31,38-39,46,48-53,63-64H,20,27,30,32-37H2,1-11H3,(H,65,74)(H,66,75)(H,67,72)(H,68,73)/t38-,39-,46?,48?,49-,50-,51-,52?,53+/m0/s1. The molecule has 0 bridgehead atoms. The summed E-state index contributed by atoms with van der Waals surface area (Å²) in [5.74, 6) is -2.63. The van der Waals surface area contributed by atoms with Crippen molar-refractivity contribution >= 4 is 41.4 Å². The molecule has 1 saturated heterocycles. The third-order valence-electron chi connectivity index (χ3n) is 15.9. The number of amides is 7. The Morgan fingerprint density at radius 1 is 0.684 bits per heavy atom. The topological polar surface area (TPSA) is 211 Å².